The van der Waals surface area contributed by atoms with Gasteiger partial charge in [0.2, 0.25) is 11.8 Å². The zero-order valence-electron chi connectivity index (χ0n) is 11.7. The molecule has 2 aromatic rings. The lowest BCUT2D eigenvalue weighted by Crippen LogP contribution is -2.33. The van der Waals surface area contributed by atoms with Gasteiger partial charge in [-0.2, -0.15) is 4.98 Å². The third-order valence-corrected chi connectivity index (χ3v) is 3.36. The van der Waals surface area contributed by atoms with E-state index in [1.807, 2.05) is 0 Å². The molecule has 1 saturated carbocycles. The lowest BCUT2D eigenvalue weighted by atomic mass is 10.3. The van der Waals surface area contributed by atoms with Crippen LogP contribution in [-0.2, 0) is 11.3 Å². The smallest absolute Gasteiger partial charge is 0.250 e. The predicted octanol–water partition coefficient (Wildman–Crippen LogP) is 0.986. The van der Waals surface area contributed by atoms with E-state index in [0.717, 1.165) is 12.8 Å². The molecule has 2 heterocycles. The third-order valence-electron chi connectivity index (χ3n) is 3.36. The Morgan fingerprint density at radius 2 is 2.33 bits per heavy atom. The fraction of sp³-hybridized carbons (Fsp3) is 0.429. The molecule has 1 N–H and O–H groups in total. The lowest BCUT2D eigenvalue weighted by Gasteiger charge is -2.10. The van der Waals surface area contributed by atoms with Gasteiger partial charge in [0.1, 0.15) is 12.6 Å². The summed E-state index contributed by atoms with van der Waals surface area (Å²) in [5.74, 6) is 1.24. The van der Waals surface area contributed by atoms with Crippen LogP contribution in [-0.4, -0.2) is 20.6 Å². The van der Waals surface area contributed by atoms with Gasteiger partial charge in [-0.25, -0.2) is 0 Å². The van der Waals surface area contributed by atoms with Gasteiger partial charge in [-0.15, -0.1) is 0 Å². The summed E-state index contributed by atoms with van der Waals surface area (Å²) >= 11 is 0. The van der Waals surface area contributed by atoms with Crippen molar-refractivity contribution < 1.29 is 9.32 Å². The van der Waals surface area contributed by atoms with E-state index in [2.05, 4.69) is 15.5 Å². The maximum absolute atomic E-state index is 11.9. The Balaban J connectivity index is 1.61. The van der Waals surface area contributed by atoms with E-state index in [9.17, 15) is 9.59 Å². The summed E-state index contributed by atoms with van der Waals surface area (Å²) in [7, 11) is 0. The van der Waals surface area contributed by atoms with E-state index in [1.54, 1.807) is 25.3 Å². The second-order valence-corrected chi connectivity index (χ2v) is 5.22. The van der Waals surface area contributed by atoms with Gasteiger partial charge < -0.3 is 14.4 Å². The van der Waals surface area contributed by atoms with Crippen LogP contribution >= 0.6 is 0 Å². The van der Waals surface area contributed by atoms with Crippen LogP contribution in [0.1, 0.15) is 43.4 Å². The minimum Gasteiger partial charge on any atom is -0.343 e. The van der Waals surface area contributed by atoms with E-state index in [4.69, 9.17) is 4.52 Å². The van der Waals surface area contributed by atoms with Gasteiger partial charge in [0, 0.05) is 18.2 Å². The number of nitrogens with zero attached hydrogens (tertiary/aromatic N) is 3. The zero-order valence-corrected chi connectivity index (χ0v) is 11.7. The van der Waals surface area contributed by atoms with Crippen LogP contribution in [0, 0.1) is 0 Å². The molecule has 7 nitrogen and oxygen atoms in total. The number of nitrogens with one attached hydrogen (secondary N) is 1. The van der Waals surface area contributed by atoms with Crippen molar-refractivity contribution in [1.29, 1.82) is 0 Å². The quantitative estimate of drug-likeness (QED) is 0.886. The van der Waals surface area contributed by atoms with Crippen LogP contribution in [0.4, 0.5) is 0 Å². The fourth-order valence-corrected chi connectivity index (χ4v) is 2.03. The number of pyridine rings is 1. The van der Waals surface area contributed by atoms with Crippen molar-refractivity contribution in [2.24, 2.45) is 0 Å². The molecule has 1 amide bonds. The van der Waals surface area contributed by atoms with E-state index >= 15 is 0 Å². The van der Waals surface area contributed by atoms with E-state index in [-0.39, 0.29) is 24.1 Å². The lowest BCUT2D eigenvalue weighted by molar-refractivity contribution is -0.122. The summed E-state index contributed by atoms with van der Waals surface area (Å²) in [6.45, 7) is 1.74. The minimum atomic E-state index is -0.378. The topological polar surface area (TPSA) is 90.0 Å². The monoisotopic (exact) mass is 288 g/mol. The predicted molar refractivity (Wildman–Crippen MR) is 73.5 cm³/mol. The molecule has 1 fully saturated rings. The number of carbonyl (C=O) groups is 1. The standard InChI is InChI=1S/C14H16N4O3/c1-9(14-16-13(17-21-14)10-5-6-10)15-11(19)8-18-7-3-2-4-12(18)20/h2-4,7,9-10H,5-6,8H2,1H3,(H,15,19)/t9-/m1/s1. The molecule has 0 aromatic carbocycles. The van der Waals surface area contributed by atoms with E-state index in [0.29, 0.717) is 17.6 Å². The van der Waals surface area contributed by atoms with E-state index < -0.39 is 0 Å². The van der Waals surface area contributed by atoms with Gasteiger partial charge in [0.15, 0.2) is 5.82 Å². The first-order valence-electron chi connectivity index (χ1n) is 6.92. The molecule has 0 bridgehead atoms. The highest BCUT2D eigenvalue weighted by molar-refractivity contribution is 5.76. The molecule has 1 aliphatic carbocycles. The van der Waals surface area contributed by atoms with Crippen LogP contribution in [0.2, 0.25) is 0 Å². The molecule has 1 aliphatic rings. The van der Waals surface area contributed by atoms with Crippen molar-refractivity contribution in [1.82, 2.24) is 20.0 Å². The number of aromatic nitrogens is 3. The van der Waals surface area contributed by atoms with Gasteiger partial charge in [0.25, 0.3) is 5.56 Å². The molecule has 110 valence electrons. The molecule has 0 aliphatic heterocycles. The number of rotatable bonds is 5. The average Bonchev–Trinajstić information content (AvgIpc) is 3.18. The highest BCUT2D eigenvalue weighted by atomic mass is 16.5. The van der Waals surface area contributed by atoms with Gasteiger partial charge in [-0.05, 0) is 25.8 Å². The first kappa shape index (κ1) is 13.5. The second kappa shape index (κ2) is 5.51. The Morgan fingerprint density at radius 3 is 3.05 bits per heavy atom. The van der Waals surface area contributed by atoms with Crippen LogP contribution in [0.3, 0.4) is 0 Å². The number of amides is 1. The largest absolute Gasteiger partial charge is 0.343 e. The maximum atomic E-state index is 11.9. The summed E-state index contributed by atoms with van der Waals surface area (Å²) in [5, 5.41) is 6.66. The summed E-state index contributed by atoms with van der Waals surface area (Å²) in [6.07, 6.45) is 3.76. The van der Waals surface area contributed by atoms with Gasteiger partial charge in [-0.3, -0.25) is 9.59 Å². The number of hydrogen-bond acceptors (Lipinski definition) is 5. The Hall–Kier alpha value is -2.44. The van der Waals surface area contributed by atoms with Crippen LogP contribution < -0.4 is 10.9 Å². The van der Waals surface area contributed by atoms with Crippen molar-refractivity contribution in [3.63, 3.8) is 0 Å². The van der Waals surface area contributed by atoms with Crippen molar-refractivity contribution in [3.05, 3.63) is 46.5 Å². The highest BCUT2D eigenvalue weighted by Gasteiger charge is 2.29. The average molecular weight is 288 g/mol. The summed E-state index contributed by atoms with van der Waals surface area (Å²) in [6, 6.07) is 4.38. The molecular weight excluding hydrogens is 272 g/mol. The number of hydrogen-bond donors (Lipinski definition) is 1. The Labute approximate surface area is 121 Å². The van der Waals surface area contributed by atoms with Crippen molar-refractivity contribution >= 4 is 5.91 Å². The molecule has 7 heteroatoms. The molecule has 21 heavy (non-hydrogen) atoms. The highest BCUT2D eigenvalue weighted by Crippen LogP contribution is 2.38. The van der Waals surface area contributed by atoms with Crippen LogP contribution in [0.5, 0.6) is 0 Å². The van der Waals surface area contributed by atoms with Crippen molar-refractivity contribution in [2.45, 2.75) is 38.3 Å². The molecular formula is C14H16N4O3. The van der Waals surface area contributed by atoms with E-state index in [1.165, 1.54) is 10.6 Å². The second-order valence-electron chi connectivity index (χ2n) is 5.22. The van der Waals surface area contributed by atoms with Crippen molar-refractivity contribution in [3.8, 4) is 0 Å². The number of carbonyl (C=O) groups excluding carboxylic acids is 1. The third kappa shape index (κ3) is 3.18. The first-order chi connectivity index (χ1) is 10.1. The normalized spacial score (nSPS) is 15.7. The molecule has 0 unspecified atom stereocenters. The van der Waals surface area contributed by atoms with Crippen molar-refractivity contribution in [2.75, 3.05) is 0 Å². The Bertz CT molecular complexity index is 702. The molecule has 1 atom stereocenters. The zero-order chi connectivity index (χ0) is 14.8. The first-order valence-corrected chi connectivity index (χ1v) is 6.92. The summed E-state index contributed by atoms with van der Waals surface area (Å²) in [5.41, 5.74) is -0.214. The minimum absolute atomic E-state index is 0.0341. The maximum Gasteiger partial charge on any atom is 0.250 e. The molecule has 0 radical (unpaired) electrons. The summed E-state index contributed by atoms with van der Waals surface area (Å²) < 4.78 is 6.50. The summed E-state index contributed by atoms with van der Waals surface area (Å²) in [4.78, 5) is 27.8. The van der Waals surface area contributed by atoms with Gasteiger partial charge >= 0.3 is 0 Å². The van der Waals surface area contributed by atoms with Gasteiger partial charge in [-0.1, -0.05) is 11.2 Å². The Morgan fingerprint density at radius 1 is 1.52 bits per heavy atom. The van der Waals surface area contributed by atoms with Crippen LogP contribution in [0.25, 0.3) is 0 Å². The van der Waals surface area contributed by atoms with Crippen LogP contribution in [0.15, 0.2) is 33.7 Å². The molecule has 0 saturated heterocycles. The Kier molecular flexibility index (Phi) is 3.55. The molecule has 3 rings (SSSR count). The van der Waals surface area contributed by atoms with Gasteiger partial charge in [0.05, 0.1) is 0 Å². The fourth-order valence-electron chi connectivity index (χ4n) is 2.03. The molecule has 2 aromatic heterocycles. The SMILES string of the molecule is C[C@@H](NC(=O)Cn1ccccc1=O)c1nc(C2CC2)no1. The molecule has 0 spiro atoms.